The van der Waals surface area contributed by atoms with E-state index in [4.69, 9.17) is 9.26 Å². The van der Waals surface area contributed by atoms with Crippen molar-refractivity contribution in [3.8, 4) is 11.3 Å². The molecular formula is C20H19N3O5. The van der Waals surface area contributed by atoms with Crippen molar-refractivity contribution in [2.45, 2.75) is 13.8 Å². The highest BCUT2D eigenvalue weighted by molar-refractivity contribution is 5.98. The molecule has 0 radical (unpaired) electrons. The molecule has 28 heavy (non-hydrogen) atoms. The molecule has 0 aliphatic heterocycles. The van der Waals surface area contributed by atoms with Gasteiger partial charge in [0, 0.05) is 30.4 Å². The molecule has 3 aromatic rings. The average Bonchev–Trinajstić information content (AvgIpc) is 3.27. The number of benzene rings is 1. The lowest BCUT2D eigenvalue weighted by Gasteiger charge is -2.05. The van der Waals surface area contributed by atoms with E-state index in [2.05, 4.69) is 10.5 Å². The van der Waals surface area contributed by atoms with Gasteiger partial charge in [-0.2, -0.15) is 0 Å². The number of amides is 1. The van der Waals surface area contributed by atoms with Crippen LogP contribution in [0.4, 0.5) is 5.88 Å². The van der Waals surface area contributed by atoms with Crippen molar-refractivity contribution in [3.63, 3.8) is 0 Å². The summed E-state index contributed by atoms with van der Waals surface area (Å²) in [5.41, 5.74) is 3.12. The van der Waals surface area contributed by atoms with Gasteiger partial charge in [0.15, 0.2) is 12.4 Å². The summed E-state index contributed by atoms with van der Waals surface area (Å²) < 4.78 is 11.6. The molecule has 1 amide bonds. The fraction of sp³-hybridized carbons (Fsp3) is 0.200. The van der Waals surface area contributed by atoms with Crippen LogP contribution in [0.5, 0.6) is 0 Å². The highest BCUT2D eigenvalue weighted by atomic mass is 16.5. The third kappa shape index (κ3) is 4.35. The van der Waals surface area contributed by atoms with E-state index in [1.165, 1.54) is 23.8 Å². The molecule has 0 saturated heterocycles. The van der Waals surface area contributed by atoms with Gasteiger partial charge in [0.25, 0.3) is 5.91 Å². The van der Waals surface area contributed by atoms with Gasteiger partial charge in [-0.1, -0.05) is 35.0 Å². The molecular weight excluding hydrogens is 362 g/mol. The van der Waals surface area contributed by atoms with Gasteiger partial charge in [-0.15, -0.1) is 0 Å². The lowest BCUT2D eigenvalue weighted by Crippen LogP contribution is -2.21. The molecule has 2 aromatic heterocycles. The van der Waals surface area contributed by atoms with Gasteiger partial charge < -0.3 is 13.8 Å². The number of ether oxygens (including phenoxy) is 1. The molecule has 0 aliphatic rings. The van der Waals surface area contributed by atoms with Crippen LogP contribution in [0.15, 0.2) is 47.1 Å². The molecule has 3 rings (SSSR count). The molecule has 0 aliphatic carbocycles. The Bertz CT molecular complexity index is 1030. The number of rotatable bonds is 6. The van der Waals surface area contributed by atoms with Crippen LogP contribution in [0.25, 0.3) is 11.3 Å². The Kier molecular flexibility index (Phi) is 5.39. The lowest BCUT2D eigenvalue weighted by molar-refractivity contribution is -0.119. The largest absolute Gasteiger partial charge is 0.451 e. The number of ketones is 1. The molecule has 0 atom stereocenters. The Labute approximate surface area is 161 Å². The number of hydrogen-bond acceptors (Lipinski definition) is 6. The molecule has 0 fully saturated rings. The molecule has 2 heterocycles. The quantitative estimate of drug-likeness (QED) is 0.520. The Morgan fingerprint density at radius 2 is 1.89 bits per heavy atom. The number of nitrogens with zero attached hydrogens (tertiary/aromatic N) is 2. The van der Waals surface area contributed by atoms with Gasteiger partial charge in [-0.05, 0) is 19.9 Å². The summed E-state index contributed by atoms with van der Waals surface area (Å²) in [6.45, 7) is 2.88. The Balaban J connectivity index is 1.57. The Morgan fingerprint density at radius 1 is 1.18 bits per heavy atom. The van der Waals surface area contributed by atoms with E-state index in [1.807, 2.05) is 31.2 Å². The standard InChI is InChI=1S/C20H19N3O5/c1-12-4-6-14(7-5-12)16-9-19(28-22-16)21-18(25)11-27-20(26)17-8-15(13(2)24)10-23(17)3/h4-10H,11H2,1-3H3,(H,21,25). The number of aryl methyl sites for hydroxylation is 2. The molecule has 0 unspecified atom stereocenters. The number of nitrogens with one attached hydrogen (secondary N) is 1. The van der Waals surface area contributed by atoms with Gasteiger partial charge in [0.2, 0.25) is 5.88 Å². The fourth-order valence-corrected chi connectivity index (χ4v) is 2.53. The summed E-state index contributed by atoms with van der Waals surface area (Å²) >= 11 is 0. The smallest absolute Gasteiger partial charge is 0.355 e. The summed E-state index contributed by atoms with van der Waals surface area (Å²) in [4.78, 5) is 35.5. The van der Waals surface area contributed by atoms with Crippen LogP contribution in [-0.4, -0.2) is 34.0 Å². The van der Waals surface area contributed by atoms with Crippen LogP contribution in [0.1, 0.15) is 33.3 Å². The van der Waals surface area contributed by atoms with Crippen LogP contribution in [0.3, 0.4) is 0 Å². The summed E-state index contributed by atoms with van der Waals surface area (Å²) in [6, 6.07) is 10.7. The van der Waals surface area contributed by atoms with Crippen molar-refractivity contribution in [2.75, 3.05) is 11.9 Å². The van der Waals surface area contributed by atoms with E-state index in [-0.39, 0.29) is 17.4 Å². The first-order chi connectivity index (χ1) is 13.3. The maximum Gasteiger partial charge on any atom is 0.355 e. The number of esters is 1. The van der Waals surface area contributed by atoms with Crippen molar-refractivity contribution in [1.29, 1.82) is 0 Å². The van der Waals surface area contributed by atoms with Crippen LogP contribution in [-0.2, 0) is 16.6 Å². The van der Waals surface area contributed by atoms with E-state index in [1.54, 1.807) is 13.1 Å². The first-order valence-corrected chi connectivity index (χ1v) is 8.51. The topological polar surface area (TPSA) is 103 Å². The minimum Gasteiger partial charge on any atom is -0.451 e. The van der Waals surface area contributed by atoms with E-state index >= 15 is 0 Å². The summed E-state index contributed by atoms with van der Waals surface area (Å²) in [7, 11) is 1.62. The number of hydrogen-bond donors (Lipinski definition) is 1. The van der Waals surface area contributed by atoms with Gasteiger partial charge in [0.1, 0.15) is 11.4 Å². The van der Waals surface area contributed by atoms with E-state index < -0.39 is 18.5 Å². The monoisotopic (exact) mass is 381 g/mol. The van der Waals surface area contributed by atoms with Crippen LogP contribution in [0, 0.1) is 6.92 Å². The molecule has 8 heteroatoms. The van der Waals surface area contributed by atoms with E-state index in [0.29, 0.717) is 11.3 Å². The van der Waals surface area contributed by atoms with Gasteiger partial charge in [-0.25, -0.2) is 4.79 Å². The number of carbonyl (C=O) groups excluding carboxylic acids is 3. The molecule has 1 N–H and O–H groups in total. The number of Topliss-reactive ketones (excluding diaryl/α,β-unsaturated/α-hetero) is 1. The number of aromatic nitrogens is 2. The zero-order chi connectivity index (χ0) is 20.3. The maximum absolute atomic E-state index is 12.1. The zero-order valence-corrected chi connectivity index (χ0v) is 15.7. The summed E-state index contributed by atoms with van der Waals surface area (Å²) in [5.74, 6) is -1.29. The minimum atomic E-state index is -0.705. The van der Waals surface area contributed by atoms with Crippen LogP contribution < -0.4 is 5.32 Å². The highest BCUT2D eigenvalue weighted by Gasteiger charge is 2.17. The van der Waals surface area contributed by atoms with E-state index in [0.717, 1.165) is 11.1 Å². The van der Waals surface area contributed by atoms with Crippen molar-refractivity contribution in [1.82, 2.24) is 9.72 Å². The Morgan fingerprint density at radius 3 is 2.54 bits per heavy atom. The number of carbonyl (C=O) groups is 3. The first kappa shape index (κ1) is 19.1. The molecule has 1 aromatic carbocycles. The first-order valence-electron chi connectivity index (χ1n) is 8.51. The maximum atomic E-state index is 12.1. The molecule has 8 nitrogen and oxygen atoms in total. The van der Waals surface area contributed by atoms with Crippen LogP contribution >= 0.6 is 0 Å². The molecule has 0 saturated carbocycles. The highest BCUT2D eigenvalue weighted by Crippen LogP contribution is 2.22. The van der Waals surface area contributed by atoms with Crippen molar-refractivity contribution < 1.29 is 23.6 Å². The Hall–Kier alpha value is -3.68. The third-order valence-corrected chi connectivity index (χ3v) is 4.08. The second-order valence-electron chi connectivity index (χ2n) is 6.35. The minimum absolute atomic E-state index is 0.148. The van der Waals surface area contributed by atoms with Gasteiger partial charge in [-0.3, -0.25) is 14.9 Å². The summed E-state index contributed by atoms with van der Waals surface area (Å²) in [5, 5.41) is 6.39. The van der Waals surface area contributed by atoms with Gasteiger partial charge in [0.05, 0.1) is 0 Å². The SMILES string of the molecule is CC(=O)c1cc(C(=O)OCC(=O)Nc2cc(-c3ccc(C)cc3)no2)n(C)c1. The molecule has 0 bridgehead atoms. The fourth-order valence-electron chi connectivity index (χ4n) is 2.53. The third-order valence-electron chi connectivity index (χ3n) is 4.08. The van der Waals surface area contributed by atoms with Crippen molar-refractivity contribution in [3.05, 3.63) is 59.4 Å². The second-order valence-corrected chi connectivity index (χ2v) is 6.35. The normalized spacial score (nSPS) is 10.5. The zero-order valence-electron chi connectivity index (χ0n) is 15.7. The average molecular weight is 381 g/mol. The molecule has 0 spiro atoms. The predicted octanol–water partition coefficient (Wildman–Crippen LogP) is 2.99. The lowest BCUT2D eigenvalue weighted by atomic mass is 10.1. The second kappa shape index (κ2) is 7.91. The van der Waals surface area contributed by atoms with Crippen molar-refractivity contribution >= 4 is 23.5 Å². The molecule has 144 valence electrons. The summed E-state index contributed by atoms with van der Waals surface area (Å²) in [6.07, 6.45) is 1.53. The van der Waals surface area contributed by atoms with Gasteiger partial charge >= 0.3 is 5.97 Å². The van der Waals surface area contributed by atoms with E-state index in [9.17, 15) is 14.4 Å². The van der Waals surface area contributed by atoms with Crippen LogP contribution in [0.2, 0.25) is 0 Å². The van der Waals surface area contributed by atoms with Crippen molar-refractivity contribution in [2.24, 2.45) is 7.05 Å². The number of anilines is 1. The predicted molar refractivity (Wildman–Crippen MR) is 101 cm³/mol.